The van der Waals surface area contributed by atoms with E-state index in [-0.39, 0.29) is 16.9 Å². The third-order valence-electron chi connectivity index (χ3n) is 4.72. The molecule has 1 aromatic carbocycles. The molecule has 0 aliphatic carbocycles. The number of aromatic amines is 1. The zero-order chi connectivity index (χ0) is 21.8. The molecular weight excluding hydrogens is 397 g/mol. The van der Waals surface area contributed by atoms with Crippen molar-refractivity contribution in [2.75, 3.05) is 18.9 Å². The number of likely N-dealkylation sites (N-methyl/N-ethyl adjacent to an activating group) is 1. The molecule has 3 heterocycles. The zero-order valence-corrected chi connectivity index (χ0v) is 16.9. The number of nitrogens with zero attached hydrogens (tertiary/aromatic N) is 4. The SMILES string of the molecule is CC=O.CN1CCc2[nH]nc(Nc3ccc(-c4cn(C)nc4C(F)F)cc3F)c2C1. The highest BCUT2D eigenvalue weighted by Gasteiger charge is 2.22. The van der Waals surface area contributed by atoms with Crippen molar-refractivity contribution in [1.82, 2.24) is 24.9 Å². The fraction of sp³-hybridized carbons (Fsp3) is 0.350. The van der Waals surface area contributed by atoms with E-state index in [2.05, 4.69) is 25.5 Å². The third kappa shape index (κ3) is 4.54. The van der Waals surface area contributed by atoms with Gasteiger partial charge in [0.15, 0.2) is 5.82 Å². The highest BCUT2D eigenvalue weighted by molar-refractivity contribution is 5.70. The molecule has 3 aromatic rings. The highest BCUT2D eigenvalue weighted by atomic mass is 19.3. The van der Waals surface area contributed by atoms with Crippen molar-refractivity contribution in [3.8, 4) is 11.1 Å². The van der Waals surface area contributed by atoms with E-state index in [1.54, 1.807) is 13.1 Å². The minimum atomic E-state index is -2.73. The Kier molecular flexibility index (Phi) is 6.56. The van der Waals surface area contributed by atoms with Gasteiger partial charge in [-0.1, -0.05) is 6.07 Å². The summed E-state index contributed by atoms with van der Waals surface area (Å²) >= 11 is 0. The van der Waals surface area contributed by atoms with Crippen LogP contribution in [0.5, 0.6) is 0 Å². The molecular formula is C20H23F3N6O. The van der Waals surface area contributed by atoms with Crippen LogP contribution in [0.2, 0.25) is 0 Å². The first kappa shape index (κ1) is 21.6. The quantitative estimate of drug-likeness (QED) is 0.628. The van der Waals surface area contributed by atoms with Crippen LogP contribution in [0.3, 0.4) is 0 Å². The van der Waals surface area contributed by atoms with Crippen molar-refractivity contribution in [3.63, 3.8) is 0 Å². The van der Waals surface area contributed by atoms with E-state index in [4.69, 9.17) is 4.79 Å². The van der Waals surface area contributed by atoms with Crippen molar-refractivity contribution in [2.24, 2.45) is 7.05 Å². The van der Waals surface area contributed by atoms with Gasteiger partial charge < -0.3 is 15.0 Å². The average Bonchev–Trinajstić information content (AvgIpc) is 3.27. The fourth-order valence-corrected chi connectivity index (χ4v) is 3.33. The lowest BCUT2D eigenvalue weighted by Gasteiger charge is -2.22. The molecule has 0 radical (unpaired) electrons. The molecule has 2 N–H and O–H groups in total. The Morgan fingerprint density at radius 3 is 2.70 bits per heavy atom. The lowest BCUT2D eigenvalue weighted by atomic mass is 10.1. The topological polar surface area (TPSA) is 78.8 Å². The molecule has 1 aliphatic heterocycles. The Labute approximate surface area is 171 Å². The van der Waals surface area contributed by atoms with Crippen LogP contribution in [0, 0.1) is 5.82 Å². The maximum Gasteiger partial charge on any atom is 0.282 e. The normalized spacial score (nSPS) is 13.6. The number of nitrogens with one attached hydrogen (secondary N) is 2. The number of aldehydes is 1. The predicted octanol–water partition coefficient (Wildman–Crippen LogP) is 3.82. The second-order valence-electron chi connectivity index (χ2n) is 6.97. The largest absolute Gasteiger partial charge is 0.336 e. The molecule has 0 unspecified atom stereocenters. The number of carbonyl (C=O) groups is 1. The van der Waals surface area contributed by atoms with E-state index in [1.807, 2.05) is 7.05 Å². The number of anilines is 2. The Hall–Kier alpha value is -3.14. The fourth-order valence-electron chi connectivity index (χ4n) is 3.33. The summed E-state index contributed by atoms with van der Waals surface area (Å²) in [6.07, 6.45) is 0.345. The number of fused-ring (bicyclic) bond motifs is 1. The van der Waals surface area contributed by atoms with Gasteiger partial charge in [-0.25, -0.2) is 13.2 Å². The predicted molar refractivity (Wildman–Crippen MR) is 107 cm³/mol. The smallest absolute Gasteiger partial charge is 0.282 e. The number of H-pyrrole nitrogens is 1. The molecule has 10 heteroatoms. The summed E-state index contributed by atoms with van der Waals surface area (Å²) in [6, 6.07) is 4.36. The third-order valence-corrected chi connectivity index (χ3v) is 4.72. The molecule has 1 aliphatic rings. The summed E-state index contributed by atoms with van der Waals surface area (Å²) < 4.78 is 42.3. The van der Waals surface area contributed by atoms with Gasteiger partial charge in [-0.3, -0.25) is 9.78 Å². The second-order valence-corrected chi connectivity index (χ2v) is 6.97. The molecule has 0 atom stereocenters. The molecule has 0 fully saturated rings. The van der Waals surface area contributed by atoms with Crippen molar-refractivity contribution < 1.29 is 18.0 Å². The lowest BCUT2D eigenvalue weighted by molar-refractivity contribution is -0.106. The number of aryl methyl sites for hydroxylation is 1. The van der Waals surface area contributed by atoms with Crippen LogP contribution in [0.1, 0.15) is 30.3 Å². The summed E-state index contributed by atoms with van der Waals surface area (Å²) in [4.78, 5) is 11.0. The number of aromatic nitrogens is 4. The second kappa shape index (κ2) is 9.12. The van der Waals surface area contributed by atoms with Gasteiger partial charge in [-0.2, -0.15) is 10.2 Å². The number of alkyl halides is 2. The Morgan fingerprint density at radius 1 is 1.30 bits per heavy atom. The molecule has 4 rings (SSSR count). The minimum absolute atomic E-state index is 0.219. The molecule has 160 valence electrons. The molecule has 30 heavy (non-hydrogen) atoms. The van der Waals surface area contributed by atoms with Gasteiger partial charge >= 0.3 is 0 Å². The number of carbonyl (C=O) groups excluding carboxylic acids is 1. The Balaban J connectivity index is 0.000000806. The van der Waals surface area contributed by atoms with Crippen molar-refractivity contribution in [1.29, 1.82) is 0 Å². The van der Waals surface area contributed by atoms with Crippen molar-refractivity contribution >= 4 is 17.8 Å². The molecule has 0 amide bonds. The maximum atomic E-state index is 14.7. The van der Waals surface area contributed by atoms with Gasteiger partial charge in [-0.15, -0.1) is 0 Å². The van der Waals surface area contributed by atoms with Crippen molar-refractivity contribution in [2.45, 2.75) is 26.3 Å². The molecule has 0 saturated heterocycles. The molecule has 0 saturated carbocycles. The van der Waals surface area contributed by atoms with Crippen molar-refractivity contribution in [3.05, 3.63) is 47.2 Å². The first-order valence-electron chi connectivity index (χ1n) is 9.37. The number of hydrogen-bond donors (Lipinski definition) is 2. The molecule has 0 spiro atoms. The van der Waals surface area contributed by atoms with Gasteiger partial charge in [0, 0.05) is 49.6 Å². The van der Waals surface area contributed by atoms with Crippen LogP contribution in [0.4, 0.5) is 24.7 Å². The number of halogens is 3. The lowest BCUT2D eigenvalue weighted by Crippen LogP contribution is -2.26. The number of hydrogen-bond acceptors (Lipinski definition) is 5. The first-order chi connectivity index (χ1) is 14.3. The van der Waals surface area contributed by atoms with E-state index in [0.29, 0.717) is 11.4 Å². The van der Waals surface area contributed by atoms with Crippen LogP contribution in [-0.2, 0) is 24.8 Å². The van der Waals surface area contributed by atoms with Crippen LogP contribution in [0.25, 0.3) is 11.1 Å². The van der Waals surface area contributed by atoms with Crippen LogP contribution in [-0.4, -0.2) is 44.8 Å². The molecule has 2 aromatic heterocycles. The van der Waals surface area contributed by atoms with Gasteiger partial charge in [0.2, 0.25) is 0 Å². The number of rotatable bonds is 4. The summed E-state index contributed by atoms with van der Waals surface area (Å²) in [5.41, 5.74) is 2.51. The summed E-state index contributed by atoms with van der Waals surface area (Å²) in [7, 11) is 3.57. The van der Waals surface area contributed by atoms with E-state index < -0.39 is 12.2 Å². The van der Waals surface area contributed by atoms with E-state index in [9.17, 15) is 13.2 Å². The maximum absolute atomic E-state index is 14.7. The van der Waals surface area contributed by atoms with Crippen LogP contribution < -0.4 is 5.32 Å². The average molecular weight is 420 g/mol. The van der Waals surface area contributed by atoms with E-state index >= 15 is 0 Å². The molecule has 0 bridgehead atoms. The monoisotopic (exact) mass is 420 g/mol. The summed E-state index contributed by atoms with van der Waals surface area (Å²) in [5, 5.41) is 14.0. The summed E-state index contributed by atoms with van der Waals surface area (Å²) in [6.45, 7) is 3.11. The number of benzene rings is 1. The zero-order valence-electron chi connectivity index (χ0n) is 16.9. The Bertz CT molecular complexity index is 1030. The van der Waals surface area contributed by atoms with Gasteiger partial charge in [0.05, 0.1) is 5.69 Å². The Morgan fingerprint density at radius 2 is 2.03 bits per heavy atom. The van der Waals surface area contributed by atoms with Crippen LogP contribution in [0.15, 0.2) is 24.4 Å². The standard InChI is InChI=1S/C18H19F3N6.C2H4O/c1-26-6-5-14-12(8-26)18(24-23-14)22-15-4-3-10(7-13(15)19)11-9-27(2)25-16(11)17(20)21;1-2-3/h3-4,7,9,17H,5-6,8H2,1-2H3,(H2,22,23,24);2H,1H3. The molecule has 7 nitrogen and oxygen atoms in total. The van der Waals surface area contributed by atoms with E-state index in [1.165, 1.54) is 29.9 Å². The van der Waals surface area contributed by atoms with E-state index in [0.717, 1.165) is 37.1 Å². The van der Waals surface area contributed by atoms with Gasteiger partial charge in [-0.05, 0) is 31.7 Å². The highest BCUT2D eigenvalue weighted by Crippen LogP contribution is 2.33. The summed E-state index contributed by atoms with van der Waals surface area (Å²) in [5.74, 6) is 0.0373. The van der Waals surface area contributed by atoms with Crippen LogP contribution >= 0.6 is 0 Å². The van der Waals surface area contributed by atoms with Gasteiger partial charge in [0.25, 0.3) is 6.43 Å². The van der Waals surface area contributed by atoms with Gasteiger partial charge in [0.1, 0.15) is 17.8 Å². The first-order valence-corrected chi connectivity index (χ1v) is 9.37. The minimum Gasteiger partial charge on any atom is -0.336 e.